The minimum absolute atomic E-state index is 0.1000. The molecule has 0 aliphatic carbocycles. The van der Waals surface area contributed by atoms with Crippen LogP contribution >= 0.6 is 0 Å². The van der Waals surface area contributed by atoms with E-state index in [1.807, 2.05) is 60.7 Å². The molecular formula is C25H20N6O3. The number of hydrazine groups is 1. The van der Waals surface area contributed by atoms with E-state index in [9.17, 15) is 9.59 Å². The van der Waals surface area contributed by atoms with Crippen molar-refractivity contribution < 1.29 is 14.3 Å². The third-order valence-corrected chi connectivity index (χ3v) is 4.73. The number of nitriles is 1. The van der Waals surface area contributed by atoms with Gasteiger partial charge in [-0.2, -0.15) is 5.26 Å². The van der Waals surface area contributed by atoms with Crippen LogP contribution in [-0.4, -0.2) is 33.2 Å². The minimum atomic E-state index is -0.666. The third-order valence-electron chi connectivity index (χ3n) is 4.73. The number of nitrogens with zero attached hydrogens (tertiary/aromatic N) is 4. The average Bonchev–Trinajstić information content (AvgIpc) is 3.34. The molecule has 2 N–H and O–H groups in total. The Balaban J connectivity index is 1.40. The van der Waals surface area contributed by atoms with Crippen molar-refractivity contribution in [3.05, 3.63) is 96.3 Å². The molecule has 0 fully saturated rings. The van der Waals surface area contributed by atoms with Gasteiger partial charge in [-0.25, -0.2) is 9.67 Å². The molecule has 0 spiro atoms. The third kappa shape index (κ3) is 5.44. The Hall–Kier alpha value is -4.97. The summed E-state index contributed by atoms with van der Waals surface area (Å²) in [7, 11) is 0. The Kier molecular flexibility index (Phi) is 6.91. The maximum Gasteiger partial charge on any atom is 0.309 e. The molecule has 0 radical (unpaired) electrons. The highest BCUT2D eigenvalue weighted by molar-refractivity contribution is 5.92. The van der Waals surface area contributed by atoms with Gasteiger partial charge in [-0.15, -0.1) is 5.10 Å². The Labute approximate surface area is 195 Å². The highest BCUT2D eigenvalue weighted by Gasteiger charge is 2.19. The number of nitrogens with one attached hydrogen (secondary N) is 2. The first-order valence-corrected chi connectivity index (χ1v) is 10.4. The standard InChI is InChI=1S/C25H20N6O3/c26-16-15-18-11-13-21(14-12-18)34-17-22(32)28-29-25(33)23-27-24(19-7-3-1-4-8-19)31(30-23)20-9-5-2-6-10-20/h1-14H,15,17H2,(H,28,32)(H,29,33). The van der Waals surface area contributed by atoms with Crippen LogP contribution in [0.2, 0.25) is 0 Å². The second-order valence-electron chi connectivity index (χ2n) is 7.14. The molecular weight excluding hydrogens is 432 g/mol. The largest absolute Gasteiger partial charge is 0.484 e. The zero-order valence-electron chi connectivity index (χ0n) is 18.0. The molecule has 0 aliphatic heterocycles. The normalized spacial score (nSPS) is 10.2. The van der Waals surface area contributed by atoms with Crippen molar-refractivity contribution in [3.63, 3.8) is 0 Å². The summed E-state index contributed by atoms with van der Waals surface area (Å²) >= 11 is 0. The number of rotatable bonds is 7. The van der Waals surface area contributed by atoms with E-state index in [2.05, 4.69) is 27.0 Å². The number of carbonyl (C=O) groups excluding carboxylic acids is 2. The average molecular weight is 452 g/mol. The molecule has 0 saturated heterocycles. The lowest BCUT2D eigenvalue weighted by atomic mass is 10.2. The summed E-state index contributed by atoms with van der Waals surface area (Å²) in [6.45, 7) is -0.307. The van der Waals surface area contributed by atoms with Crippen molar-refractivity contribution in [1.29, 1.82) is 5.26 Å². The fraction of sp³-hybridized carbons (Fsp3) is 0.0800. The van der Waals surface area contributed by atoms with Crippen LogP contribution in [0.4, 0.5) is 0 Å². The van der Waals surface area contributed by atoms with Crippen molar-refractivity contribution in [1.82, 2.24) is 25.6 Å². The fourth-order valence-electron chi connectivity index (χ4n) is 3.09. The van der Waals surface area contributed by atoms with Crippen molar-refractivity contribution in [2.45, 2.75) is 6.42 Å². The lowest BCUT2D eigenvalue weighted by molar-refractivity contribution is -0.123. The summed E-state index contributed by atoms with van der Waals surface area (Å²) in [5.41, 5.74) is 6.99. The monoisotopic (exact) mass is 452 g/mol. The van der Waals surface area contributed by atoms with E-state index in [1.54, 1.807) is 28.9 Å². The van der Waals surface area contributed by atoms with Crippen LogP contribution in [0.25, 0.3) is 17.1 Å². The van der Waals surface area contributed by atoms with E-state index in [4.69, 9.17) is 10.00 Å². The Bertz CT molecular complexity index is 1260. The predicted octanol–water partition coefficient (Wildman–Crippen LogP) is 2.84. The van der Waals surface area contributed by atoms with Gasteiger partial charge in [0.05, 0.1) is 18.2 Å². The molecule has 0 bridgehead atoms. The molecule has 9 heteroatoms. The molecule has 168 valence electrons. The fourth-order valence-corrected chi connectivity index (χ4v) is 3.09. The van der Waals surface area contributed by atoms with Crippen LogP contribution in [0.1, 0.15) is 16.2 Å². The van der Waals surface area contributed by atoms with Crippen LogP contribution in [0.15, 0.2) is 84.9 Å². The maximum atomic E-state index is 12.6. The summed E-state index contributed by atoms with van der Waals surface area (Å²) in [5, 5.41) is 13.0. The Morgan fingerprint density at radius 2 is 1.59 bits per heavy atom. The van der Waals surface area contributed by atoms with Crippen LogP contribution in [0.3, 0.4) is 0 Å². The number of ether oxygens (including phenoxy) is 1. The van der Waals surface area contributed by atoms with Gasteiger partial charge in [0, 0.05) is 5.56 Å². The van der Waals surface area contributed by atoms with Crippen LogP contribution < -0.4 is 15.6 Å². The number of hydrogen-bond acceptors (Lipinski definition) is 6. The number of hydrogen-bond donors (Lipinski definition) is 2. The second kappa shape index (κ2) is 10.6. The molecule has 34 heavy (non-hydrogen) atoms. The Morgan fingerprint density at radius 1 is 0.912 bits per heavy atom. The molecule has 4 aromatic rings. The van der Waals surface area contributed by atoms with Crippen molar-refractivity contribution in [2.75, 3.05) is 6.61 Å². The van der Waals surface area contributed by atoms with Gasteiger partial charge >= 0.3 is 5.91 Å². The summed E-state index contributed by atoms with van der Waals surface area (Å²) in [5.74, 6) is -0.358. The number of para-hydroxylation sites is 1. The number of amides is 2. The van der Waals surface area contributed by atoms with E-state index in [1.165, 1.54) is 0 Å². The van der Waals surface area contributed by atoms with E-state index in [0.717, 1.165) is 16.8 Å². The molecule has 1 heterocycles. The summed E-state index contributed by atoms with van der Waals surface area (Å²) in [6, 6.07) is 27.6. The quantitative estimate of drug-likeness (QED) is 0.416. The van der Waals surface area contributed by atoms with Crippen LogP contribution in [0.5, 0.6) is 5.75 Å². The molecule has 1 aromatic heterocycles. The Morgan fingerprint density at radius 3 is 2.26 bits per heavy atom. The van der Waals surface area contributed by atoms with Crippen molar-refractivity contribution in [2.24, 2.45) is 0 Å². The summed E-state index contributed by atoms with van der Waals surface area (Å²) < 4.78 is 6.97. The molecule has 0 atom stereocenters. The van der Waals surface area contributed by atoms with E-state index < -0.39 is 11.8 Å². The van der Waals surface area contributed by atoms with Crippen LogP contribution in [-0.2, 0) is 11.2 Å². The predicted molar refractivity (Wildman–Crippen MR) is 124 cm³/mol. The first-order chi connectivity index (χ1) is 16.6. The minimum Gasteiger partial charge on any atom is -0.484 e. The SMILES string of the molecule is N#CCc1ccc(OCC(=O)NNC(=O)c2nc(-c3ccccc3)n(-c3ccccc3)n2)cc1. The van der Waals surface area contributed by atoms with Crippen molar-refractivity contribution in [3.8, 4) is 28.9 Å². The zero-order chi connectivity index (χ0) is 23.8. The van der Waals surface area contributed by atoms with Gasteiger partial charge in [-0.05, 0) is 29.8 Å². The summed E-state index contributed by atoms with van der Waals surface area (Å²) in [4.78, 5) is 29.1. The molecule has 3 aromatic carbocycles. The molecule has 0 aliphatic rings. The van der Waals surface area contributed by atoms with Gasteiger partial charge in [-0.1, -0.05) is 60.7 Å². The number of aromatic nitrogens is 3. The molecule has 2 amide bonds. The number of benzene rings is 3. The lowest BCUT2D eigenvalue weighted by Gasteiger charge is -2.08. The van der Waals surface area contributed by atoms with Gasteiger partial charge in [0.25, 0.3) is 5.91 Å². The van der Waals surface area contributed by atoms with Gasteiger partial charge in [-0.3, -0.25) is 20.4 Å². The first kappa shape index (κ1) is 22.2. The molecule has 0 saturated carbocycles. The summed E-state index contributed by atoms with van der Waals surface area (Å²) in [6.07, 6.45) is 0.298. The van der Waals surface area contributed by atoms with E-state index >= 15 is 0 Å². The first-order valence-electron chi connectivity index (χ1n) is 10.4. The second-order valence-corrected chi connectivity index (χ2v) is 7.14. The molecule has 9 nitrogen and oxygen atoms in total. The van der Waals surface area contributed by atoms with E-state index in [0.29, 0.717) is 18.0 Å². The van der Waals surface area contributed by atoms with E-state index in [-0.39, 0.29) is 12.4 Å². The highest BCUT2D eigenvalue weighted by atomic mass is 16.5. The van der Waals surface area contributed by atoms with Gasteiger partial charge in [0.2, 0.25) is 5.82 Å². The van der Waals surface area contributed by atoms with Gasteiger partial charge < -0.3 is 4.74 Å². The smallest absolute Gasteiger partial charge is 0.309 e. The number of carbonyl (C=O) groups is 2. The van der Waals surface area contributed by atoms with Gasteiger partial charge in [0.15, 0.2) is 12.4 Å². The molecule has 0 unspecified atom stereocenters. The lowest BCUT2D eigenvalue weighted by Crippen LogP contribution is -2.44. The highest BCUT2D eigenvalue weighted by Crippen LogP contribution is 2.21. The van der Waals surface area contributed by atoms with Crippen molar-refractivity contribution >= 4 is 11.8 Å². The zero-order valence-corrected chi connectivity index (χ0v) is 18.0. The topological polar surface area (TPSA) is 122 Å². The van der Waals surface area contributed by atoms with Crippen LogP contribution in [0, 0.1) is 11.3 Å². The molecule has 4 rings (SSSR count). The maximum absolute atomic E-state index is 12.6. The van der Waals surface area contributed by atoms with Gasteiger partial charge in [0.1, 0.15) is 5.75 Å².